The summed E-state index contributed by atoms with van der Waals surface area (Å²) in [5.41, 5.74) is 2.43. The van der Waals surface area contributed by atoms with Crippen LogP contribution in [-0.2, 0) is 4.79 Å². The van der Waals surface area contributed by atoms with Crippen LogP contribution in [0.15, 0.2) is 40.9 Å². The minimum absolute atomic E-state index is 0.0351. The molecule has 3 nitrogen and oxygen atoms in total. The highest BCUT2D eigenvalue weighted by Crippen LogP contribution is 2.41. The average molecular weight is 373 g/mol. The lowest BCUT2D eigenvalue weighted by Crippen LogP contribution is -2.43. The summed E-state index contributed by atoms with van der Waals surface area (Å²) in [6.45, 7) is 0.0351. The standard InChI is InChI=1S/C15H12BrF3N2O/c16-12-6-5-11(9-3-1-2-4-10(9)12)14(15(17,18)19)21-8-7-13(22)20-21/h1-6,14H,7-8H2,(H,20,22). The molecule has 2 aromatic rings. The number of nitrogens with zero attached hydrogens (tertiary/aromatic N) is 1. The quantitative estimate of drug-likeness (QED) is 0.865. The van der Waals surface area contributed by atoms with Gasteiger partial charge in [0, 0.05) is 17.4 Å². The first-order chi connectivity index (χ1) is 10.4. The number of fused-ring (bicyclic) bond motifs is 1. The molecule has 0 radical (unpaired) electrons. The van der Waals surface area contributed by atoms with Crippen LogP contribution in [0.2, 0.25) is 0 Å². The third kappa shape index (κ3) is 2.70. The zero-order valence-electron chi connectivity index (χ0n) is 11.3. The summed E-state index contributed by atoms with van der Waals surface area (Å²) in [4.78, 5) is 11.3. The molecule has 1 fully saturated rings. The van der Waals surface area contributed by atoms with Gasteiger partial charge >= 0.3 is 6.18 Å². The van der Waals surface area contributed by atoms with Crippen molar-refractivity contribution in [3.8, 4) is 0 Å². The highest BCUT2D eigenvalue weighted by atomic mass is 79.9. The number of nitrogens with one attached hydrogen (secondary N) is 1. The van der Waals surface area contributed by atoms with E-state index in [-0.39, 0.29) is 18.5 Å². The van der Waals surface area contributed by atoms with E-state index in [1.54, 1.807) is 30.3 Å². The van der Waals surface area contributed by atoms with E-state index in [0.29, 0.717) is 10.8 Å². The molecule has 7 heteroatoms. The van der Waals surface area contributed by atoms with Crippen LogP contribution in [0, 0.1) is 0 Å². The second kappa shape index (κ2) is 5.55. The highest BCUT2D eigenvalue weighted by molar-refractivity contribution is 9.10. The Morgan fingerprint density at radius 2 is 1.82 bits per heavy atom. The van der Waals surface area contributed by atoms with Crippen molar-refractivity contribution in [3.63, 3.8) is 0 Å². The van der Waals surface area contributed by atoms with Crippen molar-refractivity contribution in [3.05, 3.63) is 46.4 Å². The van der Waals surface area contributed by atoms with E-state index in [0.717, 1.165) is 9.48 Å². The van der Waals surface area contributed by atoms with Crippen molar-refractivity contribution in [2.45, 2.75) is 18.6 Å². The highest BCUT2D eigenvalue weighted by Gasteiger charge is 2.47. The van der Waals surface area contributed by atoms with Gasteiger partial charge in [0.25, 0.3) is 0 Å². The first-order valence-corrected chi connectivity index (χ1v) is 7.47. The summed E-state index contributed by atoms with van der Waals surface area (Å²) in [6.07, 6.45) is -4.42. The maximum absolute atomic E-state index is 13.6. The molecular formula is C15H12BrF3N2O. The van der Waals surface area contributed by atoms with Crippen molar-refractivity contribution in [1.82, 2.24) is 10.4 Å². The van der Waals surface area contributed by atoms with E-state index in [2.05, 4.69) is 21.4 Å². The van der Waals surface area contributed by atoms with Gasteiger partial charge in [-0.1, -0.05) is 46.3 Å². The SMILES string of the molecule is O=C1CCN(C(c2ccc(Br)c3ccccc23)C(F)(F)F)N1. The van der Waals surface area contributed by atoms with Crippen LogP contribution in [0.1, 0.15) is 18.0 Å². The monoisotopic (exact) mass is 372 g/mol. The van der Waals surface area contributed by atoms with E-state index in [4.69, 9.17) is 0 Å². The molecule has 1 aliphatic heterocycles. The fraction of sp³-hybridized carbons (Fsp3) is 0.267. The molecule has 1 aliphatic rings. The molecule has 1 atom stereocenters. The fourth-order valence-corrected chi connectivity index (χ4v) is 3.21. The smallest absolute Gasteiger partial charge is 0.288 e. The molecule has 1 N–H and O–H groups in total. The molecule has 116 valence electrons. The van der Waals surface area contributed by atoms with Crippen LogP contribution in [0.3, 0.4) is 0 Å². The molecule has 0 bridgehead atoms. The molecule has 3 rings (SSSR count). The number of alkyl halides is 3. The van der Waals surface area contributed by atoms with Gasteiger partial charge in [-0.3, -0.25) is 10.2 Å². The Bertz CT molecular complexity index is 732. The zero-order valence-corrected chi connectivity index (χ0v) is 12.9. The van der Waals surface area contributed by atoms with Crippen molar-refractivity contribution < 1.29 is 18.0 Å². The van der Waals surface area contributed by atoms with Crippen LogP contribution in [-0.4, -0.2) is 23.6 Å². The fourth-order valence-electron chi connectivity index (χ4n) is 2.73. The van der Waals surface area contributed by atoms with Gasteiger partial charge in [-0.05, 0) is 22.4 Å². The number of halogens is 4. The molecule has 22 heavy (non-hydrogen) atoms. The van der Waals surface area contributed by atoms with Crippen LogP contribution >= 0.6 is 15.9 Å². The van der Waals surface area contributed by atoms with Gasteiger partial charge in [-0.2, -0.15) is 13.2 Å². The third-order valence-electron chi connectivity index (χ3n) is 3.67. The second-order valence-electron chi connectivity index (χ2n) is 5.10. The summed E-state index contributed by atoms with van der Waals surface area (Å²) >= 11 is 3.36. The molecular weight excluding hydrogens is 361 g/mol. The Morgan fingerprint density at radius 1 is 1.14 bits per heavy atom. The third-order valence-corrected chi connectivity index (χ3v) is 4.36. The maximum atomic E-state index is 13.6. The van der Waals surface area contributed by atoms with Gasteiger partial charge in [-0.25, -0.2) is 5.01 Å². The maximum Gasteiger partial charge on any atom is 0.409 e. The van der Waals surface area contributed by atoms with E-state index in [1.165, 1.54) is 6.07 Å². The van der Waals surface area contributed by atoms with Gasteiger partial charge in [-0.15, -0.1) is 0 Å². The van der Waals surface area contributed by atoms with E-state index < -0.39 is 18.1 Å². The molecule has 1 amide bonds. The number of hydrogen-bond donors (Lipinski definition) is 1. The lowest BCUT2D eigenvalue weighted by atomic mass is 9.98. The topological polar surface area (TPSA) is 32.3 Å². The molecule has 0 spiro atoms. The molecule has 0 saturated carbocycles. The summed E-state index contributed by atoms with van der Waals surface area (Å²) < 4.78 is 41.6. The van der Waals surface area contributed by atoms with Gasteiger partial charge in [0.15, 0.2) is 6.04 Å². The summed E-state index contributed by atoms with van der Waals surface area (Å²) in [7, 11) is 0. The van der Waals surface area contributed by atoms with Gasteiger partial charge in [0.05, 0.1) is 0 Å². The molecule has 0 aromatic heterocycles. The van der Waals surface area contributed by atoms with E-state index in [9.17, 15) is 18.0 Å². The lowest BCUT2D eigenvalue weighted by molar-refractivity contribution is -0.190. The van der Waals surface area contributed by atoms with Crippen LogP contribution in [0.4, 0.5) is 13.2 Å². The molecule has 1 heterocycles. The number of benzene rings is 2. The summed E-state index contributed by atoms with van der Waals surface area (Å²) in [5, 5.41) is 2.19. The zero-order chi connectivity index (χ0) is 15.9. The molecule has 1 saturated heterocycles. The summed E-state index contributed by atoms with van der Waals surface area (Å²) in [6, 6.07) is 8.09. The van der Waals surface area contributed by atoms with E-state index >= 15 is 0 Å². The van der Waals surface area contributed by atoms with Crippen LogP contribution in [0.25, 0.3) is 10.8 Å². The van der Waals surface area contributed by atoms with Crippen molar-refractivity contribution >= 4 is 32.6 Å². The van der Waals surface area contributed by atoms with E-state index in [1.807, 2.05) is 0 Å². The van der Waals surface area contributed by atoms with Gasteiger partial charge < -0.3 is 0 Å². The minimum Gasteiger partial charge on any atom is -0.288 e. The summed E-state index contributed by atoms with van der Waals surface area (Å²) in [5.74, 6) is -0.393. The van der Waals surface area contributed by atoms with Crippen LogP contribution < -0.4 is 5.43 Å². The Balaban J connectivity index is 2.17. The second-order valence-corrected chi connectivity index (χ2v) is 5.96. The molecule has 1 unspecified atom stereocenters. The average Bonchev–Trinajstić information content (AvgIpc) is 2.87. The lowest BCUT2D eigenvalue weighted by Gasteiger charge is -2.30. The van der Waals surface area contributed by atoms with Crippen LogP contribution in [0.5, 0.6) is 0 Å². The largest absolute Gasteiger partial charge is 0.409 e. The predicted molar refractivity (Wildman–Crippen MR) is 79.9 cm³/mol. The number of hydrazine groups is 1. The number of amides is 1. The van der Waals surface area contributed by atoms with Gasteiger partial charge in [0.1, 0.15) is 0 Å². The number of carbonyl (C=O) groups excluding carboxylic acids is 1. The number of rotatable bonds is 2. The number of carbonyl (C=O) groups is 1. The molecule has 0 aliphatic carbocycles. The number of hydrogen-bond acceptors (Lipinski definition) is 2. The molecule has 2 aromatic carbocycles. The Kier molecular flexibility index (Phi) is 3.86. The van der Waals surface area contributed by atoms with Crippen molar-refractivity contribution in [2.24, 2.45) is 0 Å². The van der Waals surface area contributed by atoms with Crippen molar-refractivity contribution in [1.29, 1.82) is 0 Å². The Morgan fingerprint density at radius 3 is 2.41 bits per heavy atom. The Hall–Kier alpha value is -1.60. The van der Waals surface area contributed by atoms with Crippen molar-refractivity contribution in [2.75, 3.05) is 6.54 Å². The first kappa shape index (κ1) is 15.3. The minimum atomic E-state index is -4.49. The first-order valence-electron chi connectivity index (χ1n) is 6.68. The van der Waals surface area contributed by atoms with Gasteiger partial charge in [0.2, 0.25) is 5.91 Å². The Labute approximate surface area is 133 Å². The normalized spacial score (nSPS) is 17.7. The predicted octanol–water partition coefficient (Wildman–Crippen LogP) is 3.94.